The van der Waals surface area contributed by atoms with Crippen LogP contribution in [0.4, 0.5) is 0 Å². The van der Waals surface area contributed by atoms with Crippen molar-refractivity contribution in [1.82, 2.24) is 4.98 Å². The number of aryl methyl sites for hydroxylation is 1. The molecule has 0 atom stereocenters. The molecule has 23 heavy (non-hydrogen) atoms. The van der Waals surface area contributed by atoms with Gasteiger partial charge in [0.2, 0.25) is 5.88 Å². The van der Waals surface area contributed by atoms with Crippen LogP contribution >= 0.6 is 0 Å². The van der Waals surface area contributed by atoms with Gasteiger partial charge in [0, 0.05) is 10.9 Å². The van der Waals surface area contributed by atoms with E-state index >= 15 is 0 Å². The maximum absolute atomic E-state index is 5.40. The van der Waals surface area contributed by atoms with Crippen molar-refractivity contribution in [3.05, 3.63) is 42.0 Å². The Kier molecular flexibility index (Phi) is 5.00. The van der Waals surface area contributed by atoms with Crippen LogP contribution in [0.15, 0.2) is 30.8 Å². The Labute approximate surface area is 139 Å². The molecule has 0 N–H and O–H groups in total. The Morgan fingerprint density at radius 2 is 1.91 bits per heavy atom. The highest BCUT2D eigenvalue weighted by molar-refractivity contribution is 5.84. The van der Waals surface area contributed by atoms with E-state index in [-0.39, 0.29) is 0 Å². The molecule has 1 saturated carbocycles. The minimum Gasteiger partial charge on any atom is -0.481 e. The summed E-state index contributed by atoms with van der Waals surface area (Å²) in [5.41, 5.74) is 4.75. The highest BCUT2D eigenvalue weighted by atomic mass is 16.5. The van der Waals surface area contributed by atoms with E-state index in [9.17, 15) is 0 Å². The summed E-state index contributed by atoms with van der Waals surface area (Å²) in [6, 6.07) is 8.75. The first-order valence-electron chi connectivity index (χ1n) is 8.89. The number of hydrogen-bond donors (Lipinski definition) is 0. The molecule has 0 saturated heterocycles. The molecule has 0 amide bonds. The van der Waals surface area contributed by atoms with Crippen LogP contribution in [0.3, 0.4) is 0 Å². The highest BCUT2D eigenvalue weighted by Crippen LogP contribution is 2.34. The van der Waals surface area contributed by atoms with Crippen molar-refractivity contribution in [3.63, 3.8) is 0 Å². The van der Waals surface area contributed by atoms with Gasteiger partial charge < -0.3 is 4.74 Å². The Bertz CT molecular complexity index is 696. The summed E-state index contributed by atoms with van der Waals surface area (Å²) in [4.78, 5) is 4.64. The first kappa shape index (κ1) is 16.0. The van der Waals surface area contributed by atoms with E-state index in [4.69, 9.17) is 4.74 Å². The van der Waals surface area contributed by atoms with E-state index in [1.807, 2.05) is 0 Å². The molecule has 3 rings (SSSR count). The second-order valence-electron chi connectivity index (χ2n) is 6.63. The third-order valence-electron chi connectivity index (χ3n) is 5.15. The molecule has 2 heteroatoms. The third kappa shape index (κ3) is 3.41. The lowest BCUT2D eigenvalue weighted by molar-refractivity contribution is 0.395. The van der Waals surface area contributed by atoms with Gasteiger partial charge in [0.1, 0.15) is 0 Å². The summed E-state index contributed by atoms with van der Waals surface area (Å²) in [5.74, 6) is 1.39. The predicted molar refractivity (Wildman–Crippen MR) is 97.9 cm³/mol. The van der Waals surface area contributed by atoms with Crippen LogP contribution in [0.1, 0.15) is 56.6 Å². The standard InChI is InChI=1S/C21H27NO/c1-4-16-13-19-14-18(11-12-20(19)22-21(16)23-3)15(2)17-9-7-5-6-8-10-17/h11-14,17H,2,4-10H2,1,3H3. The number of allylic oxidation sites excluding steroid dienone is 1. The Balaban J connectivity index is 1.93. The van der Waals surface area contributed by atoms with Gasteiger partial charge in [0.25, 0.3) is 0 Å². The van der Waals surface area contributed by atoms with Crippen LogP contribution in [-0.4, -0.2) is 12.1 Å². The summed E-state index contributed by atoms with van der Waals surface area (Å²) >= 11 is 0. The average molecular weight is 309 g/mol. The zero-order chi connectivity index (χ0) is 16.2. The van der Waals surface area contributed by atoms with E-state index in [0.29, 0.717) is 5.92 Å². The van der Waals surface area contributed by atoms with Gasteiger partial charge >= 0.3 is 0 Å². The highest BCUT2D eigenvalue weighted by Gasteiger charge is 2.17. The number of fused-ring (bicyclic) bond motifs is 1. The number of methoxy groups -OCH3 is 1. The molecule has 0 unspecified atom stereocenters. The van der Waals surface area contributed by atoms with E-state index < -0.39 is 0 Å². The molecular formula is C21H27NO. The van der Waals surface area contributed by atoms with Crippen LogP contribution in [0.2, 0.25) is 0 Å². The van der Waals surface area contributed by atoms with Gasteiger partial charge in [0.05, 0.1) is 12.6 Å². The Hall–Kier alpha value is -1.83. The van der Waals surface area contributed by atoms with Crippen LogP contribution in [0.25, 0.3) is 16.5 Å². The minimum absolute atomic E-state index is 0.645. The van der Waals surface area contributed by atoms with Crippen LogP contribution in [0.5, 0.6) is 5.88 Å². The maximum Gasteiger partial charge on any atom is 0.216 e. The first-order chi connectivity index (χ1) is 11.2. The third-order valence-corrected chi connectivity index (χ3v) is 5.15. The molecule has 1 aliphatic rings. The van der Waals surface area contributed by atoms with Crippen LogP contribution in [-0.2, 0) is 6.42 Å². The SMILES string of the molecule is C=C(c1ccc2nc(OC)c(CC)cc2c1)C1CCCCCC1. The molecule has 1 aromatic heterocycles. The molecule has 0 spiro atoms. The lowest BCUT2D eigenvalue weighted by atomic mass is 9.87. The second kappa shape index (κ2) is 7.16. The van der Waals surface area contributed by atoms with Gasteiger partial charge in [-0.05, 0) is 54.5 Å². The van der Waals surface area contributed by atoms with Gasteiger partial charge in [-0.1, -0.05) is 45.3 Å². The zero-order valence-corrected chi connectivity index (χ0v) is 14.4. The van der Waals surface area contributed by atoms with E-state index in [1.165, 1.54) is 55.0 Å². The predicted octanol–water partition coefficient (Wildman–Crippen LogP) is 5.79. The summed E-state index contributed by atoms with van der Waals surface area (Å²) in [7, 11) is 1.69. The first-order valence-corrected chi connectivity index (χ1v) is 8.89. The maximum atomic E-state index is 5.40. The molecular weight excluding hydrogens is 282 g/mol. The largest absolute Gasteiger partial charge is 0.481 e. The van der Waals surface area contributed by atoms with Crippen molar-refractivity contribution in [1.29, 1.82) is 0 Å². The zero-order valence-electron chi connectivity index (χ0n) is 14.4. The quantitative estimate of drug-likeness (QED) is 0.667. The smallest absolute Gasteiger partial charge is 0.216 e. The van der Waals surface area contributed by atoms with Gasteiger partial charge in [-0.15, -0.1) is 0 Å². The van der Waals surface area contributed by atoms with E-state index in [0.717, 1.165) is 23.4 Å². The summed E-state index contributed by atoms with van der Waals surface area (Å²) in [6.07, 6.45) is 8.96. The number of ether oxygens (including phenoxy) is 1. The fourth-order valence-corrected chi connectivity index (χ4v) is 3.70. The number of hydrogen-bond acceptors (Lipinski definition) is 2. The number of benzene rings is 1. The molecule has 0 aliphatic heterocycles. The fourth-order valence-electron chi connectivity index (χ4n) is 3.70. The van der Waals surface area contributed by atoms with Crippen molar-refractivity contribution >= 4 is 16.5 Å². The minimum atomic E-state index is 0.645. The van der Waals surface area contributed by atoms with Gasteiger partial charge in [-0.25, -0.2) is 4.98 Å². The van der Waals surface area contributed by atoms with Gasteiger partial charge in [-0.2, -0.15) is 0 Å². The molecule has 2 nitrogen and oxygen atoms in total. The lowest BCUT2D eigenvalue weighted by Crippen LogP contribution is -2.02. The van der Waals surface area contributed by atoms with Crippen molar-refractivity contribution in [2.75, 3.05) is 7.11 Å². The number of nitrogens with zero attached hydrogens (tertiary/aromatic N) is 1. The van der Waals surface area contributed by atoms with Gasteiger partial charge in [-0.3, -0.25) is 0 Å². The molecule has 1 aromatic carbocycles. The summed E-state index contributed by atoms with van der Waals surface area (Å²) in [5, 5.41) is 1.19. The topological polar surface area (TPSA) is 22.1 Å². The van der Waals surface area contributed by atoms with Crippen molar-refractivity contribution in [2.45, 2.75) is 51.9 Å². The number of aromatic nitrogens is 1. The summed E-state index contributed by atoms with van der Waals surface area (Å²) in [6.45, 7) is 6.57. The Morgan fingerprint density at radius 1 is 1.17 bits per heavy atom. The van der Waals surface area contributed by atoms with Crippen LogP contribution < -0.4 is 4.74 Å². The molecule has 0 radical (unpaired) electrons. The van der Waals surface area contributed by atoms with Crippen molar-refractivity contribution < 1.29 is 4.74 Å². The van der Waals surface area contributed by atoms with Crippen molar-refractivity contribution in [3.8, 4) is 5.88 Å². The van der Waals surface area contributed by atoms with Crippen LogP contribution in [0, 0.1) is 5.92 Å². The summed E-state index contributed by atoms with van der Waals surface area (Å²) < 4.78 is 5.40. The Morgan fingerprint density at radius 3 is 2.57 bits per heavy atom. The monoisotopic (exact) mass is 309 g/mol. The molecule has 1 heterocycles. The molecule has 1 aliphatic carbocycles. The average Bonchev–Trinajstić information content (AvgIpc) is 2.88. The second-order valence-corrected chi connectivity index (χ2v) is 6.63. The normalized spacial score (nSPS) is 16.3. The molecule has 122 valence electrons. The van der Waals surface area contributed by atoms with E-state index in [2.05, 4.69) is 42.8 Å². The lowest BCUT2D eigenvalue weighted by Gasteiger charge is -2.18. The molecule has 1 fully saturated rings. The molecule has 0 bridgehead atoms. The van der Waals surface area contributed by atoms with Crippen molar-refractivity contribution in [2.24, 2.45) is 5.92 Å². The fraction of sp³-hybridized carbons (Fsp3) is 0.476. The molecule has 2 aromatic rings. The number of rotatable bonds is 4. The number of pyridine rings is 1. The van der Waals surface area contributed by atoms with E-state index in [1.54, 1.807) is 7.11 Å². The van der Waals surface area contributed by atoms with Gasteiger partial charge in [0.15, 0.2) is 0 Å².